The van der Waals surface area contributed by atoms with Crippen LogP contribution in [0, 0.1) is 0 Å². The van der Waals surface area contributed by atoms with Crippen LogP contribution in [0.25, 0.3) is 0 Å². The van der Waals surface area contributed by atoms with Crippen molar-refractivity contribution >= 4 is 8.40 Å². The Labute approximate surface area is 91.2 Å². The summed E-state index contributed by atoms with van der Waals surface area (Å²) in [4.78, 5) is 3.80. The van der Waals surface area contributed by atoms with Gasteiger partial charge in [0.25, 0.3) is 0 Å². The second-order valence-corrected chi connectivity index (χ2v) is 11.0. The average Bonchev–Trinajstić information content (AvgIpc) is 1.95. The third-order valence-corrected chi connectivity index (χ3v) is 9.39. The van der Waals surface area contributed by atoms with Gasteiger partial charge in [0.2, 0.25) is 8.40 Å². The van der Waals surface area contributed by atoms with Crippen LogP contribution in [0.3, 0.4) is 0 Å². The SMILES string of the molecule is CCN[Si](C(C)C)(N(C)C)C(C)(C)C. The lowest BCUT2D eigenvalue weighted by molar-refractivity contribution is 0.490. The van der Waals surface area contributed by atoms with Crippen molar-refractivity contribution in [2.24, 2.45) is 0 Å². The molecule has 0 radical (unpaired) electrons. The number of nitrogens with one attached hydrogen (secondary N) is 1. The van der Waals surface area contributed by atoms with Crippen LogP contribution in [-0.2, 0) is 0 Å². The zero-order valence-electron chi connectivity index (χ0n) is 11.2. The van der Waals surface area contributed by atoms with Gasteiger partial charge >= 0.3 is 0 Å². The molecule has 0 bridgehead atoms. The molecule has 1 N–H and O–H groups in total. The van der Waals surface area contributed by atoms with Crippen molar-refractivity contribution in [3.05, 3.63) is 0 Å². The maximum absolute atomic E-state index is 3.80. The van der Waals surface area contributed by atoms with Crippen LogP contribution in [0.2, 0.25) is 10.6 Å². The topological polar surface area (TPSA) is 15.3 Å². The molecule has 0 aliphatic rings. The second kappa shape index (κ2) is 4.77. The van der Waals surface area contributed by atoms with Crippen molar-refractivity contribution in [3.63, 3.8) is 0 Å². The predicted octanol–water partition coefficient (Wildman–Crippen LogP) is 2.81. The molecule has 0 aliphatic carbocycles. The highest BCUT2D eigenvalue weighted by Crippen LogP contribution is 2.42. The Morgan fingerprint density at radius 2 is 1.64 bits per heavy atom. The first-order valence-corrected chi connectivity index (χ1v) is 7.65. The van der Waals surface area contributed by atoms with Crippen LogP contribution in [-0.4, -0.2) is 33.6 Å². The van der Waals surface area contributed by atoms with Gasteiger partial charge < -0.3 is 9.55 Å². The molecular formula is C11H28N2Si. The van der Waals surface area contributed by atoms with Crippen molar-refractivity contribution in [2.45, 2.75) is 52.1 Å². The van der Waals surface area contributed by atoms with E-state index in [4.69, 9.17) is 0 Å². The quantitative estimate of drug-likeness (QED) is 0.727. The Morgan fingerprint density at radius 1 is 1.21 bits per heavy atom. The van der Waals surface area contributed by atoms with E-state index in [9.17, 15) is 0 Å². The Kier molecular flexibility index (Phi) is 4.82. The van der Waals surface area contributed by atoms with E-state index >= 15 is 0 Å². The van der Waals surface area contributed by atoms with Crippen LogP contribution in [0.5, 0.6) is 0 Å². The highest BCUT2D eigenvalue weighted by atomic mass is 28.4. The van der Waals surface area contributed by atoms with Crippen LogP contribution in [0.1, 0.15) is 41.5 Å². The third-order valence-electron chi connectivity index (χ3n) is 3.13. The monoisotopic (exact) mass is 216 g/mol. The second-order valence-electron chi connectivity index (χ2n) is 5.60. The molecule has 0 spiro atoms. The summed E-state index contributed by atoms with van der Waals surface area (Å²) in [5, 5.41) is 0.362. The van der Waals surface area contributed by atoms with Crippen molar-refractivity contribution in [1.29, 1.82) is 0 Å². The van der Waals surface area contributed by atoms with Crippen molar-refractivity contribution in [1.82, 2.24) is 9.55 Å². The average molecular weight is 216 g/mol. The zero-order chi connectivity index (χ0) is 11.6. The molecule has 1 unspecified atom stereocenters. The molecule has 3 heteroatoms. The molecule has 0 saturated carbocycles. The smallest absolute Gasteiger partial charge is 0.211 e. The van der Waals surface area contributed by atoms with E-state index in [1.54, 1.807) is 0 Å². The normalized spacial score (nSPS) is 17.6. The maximum atomic E-state index is 3.80. The molecule has 0 heterocycles. The fourth-order valence-corrected chi connectivity index (χ4v) is 8.85. The molecule has 0 fully saturated rings. The number of hydrogen-bond acceptors (Lipinski definition) is 2. The largest absolute Gasteiger partial charge is 0.325 e. The third kappa shape index (κ3) is 2.38. The molecule has 14 heavy (non-hydrogen) atoms. The van der Waals surface area contributed by atoms with Gasteiger partial charge in [0.15, 0.2) is 0 Å². The van der Waals surface area contributed by atoms with Crippen LogP contribution < -0.4 is 4.98 Å². The molecule has 0 amide bonds. The fourth-order valence-electron chi connectivity index (χ4n) is 2.95. The lowest BCUT2D eigenvalue weighted by Gasteiger charge is -2.50. The summed E-state index contributed by atoms with van der Waals surface area (Å²) < 4.78 is 2.46. The van der Waals surface area contributed by atoms with Gasteiger partial charge in [0.1, 0.15) is 0 Å². The minimum atomic E-state index is -1.57. The van der Waals surface area contributed by atoms with E-state index in [1.165, 1.54) is 0 Å². The van der Waals surface area contributed by atoms with Gasteiger partial charge in [-0.2, -0.15) is 0 Å². The van der Waals surface area contributed by atoms with E-state index in [2.05, 4.69) is 65.2 Å². The minimum absolute atomic E-state index is 0.362. The first-order valence-electron chi connectivity index (χ1n) is 5.62. The summed E-state index contributed by atoms with van der Waals surface area (Å²) >= 11 is 0. The first-order chi connectivity index (χ1) is 6.20. The van der Waals surface area contributed by atoms with Gasteiger partial charge in [-0.05, 0) is 31.2 Å². The number of nitrogens with zero attached hydrogens (tertiary/aromatic N) is 1. The van der Waals surface area contributed by atoms with E-state index < -0.39 is 8.40 Å². The molecule has 2 nitrogen and oxygen atoms in total. The molecule has 0 aliphatic heterocycles. The summed E-state index contributed by atoms with van der Waals surface area (Å²) in [6.45, 7) is 15.1. The molecule has 1 atom stereocenters. The van der Waals surface area contributed by atoms with Crippen molar-refractivity contribution in [2.75, 3.05) is 20.6 Å². The lowest BCUT2D eigenvalue weighted by Crippen LogP contribution is -2.68. The molecule has 0 rings (SSSR count). The highest BCUT2D eigenvalue weighted by molar-refractivity contribution is 6.78. The van der Waals surface area contributed by atoms with Gasteiger partial charge in [-0.1, -0.05) is 41.5 Å². The number of rotatable bonds is 4. The summed E-state index contributed by atoms with van der Waals surface area (Å²) in [7, 11) is 2.88. The lowest BCUT2D eigenvalue weighted by atomic mass is 10.2. The van der Waals surface area contributed by atoms with Crippen LogP contribution in [0.15, 0.2) is 0 Å². The number of hydrogen-bond donors (Lipinski definition) is 1. The van der Waals surface area contributed by atoms with Gasteiger partial charge in [-0.3, -0.25) is 0 Å². The van der Waals surface area contributed by atoms with Gasteiger partial charge in [-0.15, -0.1) is 0 Å². The van der Waals surface area contributed by atoms with Gasteiger partial charge in [0.05, 0.1) is 0 Å². The molecular weight excluding hydrogens is 188 g/mol. The Hall–Kier alpha value is 0.137. The summed E-state index contributed by atoms with van der Waals surface area (Å²) in [5.41, 5.74) is 0.720. The van der Waals surface area contributed by atoms with Gasteiger partial charge in [-0.25, -0.2) is 0 Å². The van der Waals surface area contributed by atoms with E-state index in [0.29, 0.717) is 5.04 Å². The molecule has 0 saturated heterocycles. The van der Waals surface area contributed by atoms with Crippen molar-refractivity contribution < 1.29 is 0 Å². The molecule has 0 aromatic carbocycles. The van der Waals surface area contributed by atoms with E-state index in [0.717, 1.165) is 12.1 Å². The van der Waals surface area contributed by atoms with Crippen molar-refractivity contribution in [3.8, 4) is 0 Å². The van der Waals surface area contributed by atoms with Gasteiger partial charge in [0, 0.05) is 0 Å². The Morgan fingerprint density at radius 3 is 1.71 bits per heavy atom. The summed E-state index contributed by atoms with van der Waals surface area (Å²) in [6.07, 6.45) is 0. The predicted molar refractivity (Wildman–Crippen MR) is 67.9 cm³/mol. The highest BCUT2D eigenvalue weighted by Gasteiger charge is 2.49. The van der Waals surface area contributed by atoms with E-state index in [1.807, 2.05) is 0 Å². The molecule has 0 aromatic heterocycles. The minimum Gasteiger partial charge on any atom is -0.325 e. The first kappa shape index (κ1) is 14.1. The zero-order valence-corrected chi connectivity index (χ0v) is 12.2. The summed E-state index contributed by atoms with van der Waals surface area (Å²) in [5.74, 6) is 0. The summed E-state index contributed by atoms with van der Waals surface area (Å²) in [6, 6.07) is 0. The maximum Gasteiger partial charge on any atom is 0.211 e. The van der Waals surface area contributed by atoms with Crippen LogP contribution >= 0.6 is 0 Å². The Balaban J connectivity index is 5.16. The fraction of sp³-hybridized carbons (Fsp3) is 1.00. The molecule has 86 valence electrons. The standard InChI is InChI=1S/C11H28N2Si/c1-9-12-14(10(2)3,13(7)8)11(4,5)6/h10,12H,9H2,1-8H3. The Bertz CT molecular complexity index is 163. The van der Waals surface area contributed by atoms with Crippen LogP contribution in [0.4, 0.5) is 0 Å². The molecule has 0 aromatic rings. The van der Waals surface area contributed by atoms with E-state index in [-0.39, 0.29) is 0 Å².